The van der Waals surface area contributed by atoms with Crippen molar-refractivity contribution in [1.29, 1.82) is 0 Å². The van der Waals surface area contributed by atoms with Gasteiger partial charge in [-0.2, -0.15) is 0 Å². The molecule has 3 aromatic heterocycles. The van der Waals surface area contributed by atoms with Gasteiger partial charge in [-0.25, -0.2) is 9.97 Å². The van der Waals surface area contributed by atoms with E-state index in [4.69, 9.17) is 0 Å². The lowest BCUT2D eigenvalue weighted by atomic mass is 10.1. The molecule has 0 spiro atoms. The Morgan fingerprint density at radius 2 is 1.83 bits per heavy atom. The van der Waals surface area contributed by atoms with Gasteiger partial charge in [-0.1, -0.05) is 12.1 Å². The van der Waals surface area contributed by atoms with Crippen molar-refractivity contribution in [1.82, 2.24) is 19.5 Å². The predicted octanol–water partition coefficient (Wildman–Crippen LogP) is 4.10. The Morgan fingerprint density at radius 3 is 2.70 bits per heavy atom. The predicted molar refractivity (Wildman–Crippen MR) is 91.6 cm³/mol. The number of aromatic nitrogens is 4. The third-order valence-corrected chi connectivity index (χ3v) is 3.98. The van der Waals surface area contributed by atoms with E-state index in [1.807, 2.05) is 48.5 Å². The minimum atomic E-state index is 0.858. The van der Waals surface area contributed by atoms with E-state index in [0.29, 0.717) is 0 Å². The molecule has 0 aliphatic rings. The molecule has 0 fully saturated rings. The zero-order valence-corrected chi connectivity index (χ0v) is 13.1. The van der Waals surface area contributed by atoms with Crippen molar-refractivity contribution >= 4 is 11.0 Å². The summed E-state index contributed by atoms with van der Waals surface area (Å²) < 4.78 is 2.02. The lowest BCUT2D eigenvalue weighted by Crippen LogP contribution is -1.96. The molecule has 112 valence electrons. The van der Waals surface area contributed by atoms with Gasteiger partial charge in [-0.15, -0.1) is 0 Å². The van der Waals surface area contributed by atoms with Gasteiger partial charge in [0.05, 0.1) is 11.0 Å². The highest BCUT2D eigenvalue weighted by Crippen LogP contribution is 2.24. The van der Waals surface area contributed by atoms with Crippen molar-refractivity contribution in [3.63, 3.8) is 0 Å². The second-order valence-corrected chi connectivity index (χ2v) is 5.71. The van der Waals surface area contributed by atoms with Gasteiger partial charge in [-0.3, -0.25) is 9.55 Å². The summed E-state index contributed by atoms with van der Waals surface area (Å²) in [6, 6.07) is 12.4. The summed E-state index contributed by atoms with van der Waals surface area (Å²) in [6.07, 6.45) is 7.40. The Morgan fingerprint density at radius 1 is 0.913 bits per heavy atom. The summed E-state index contributed by atoms with van der Waals surface area (Å²) >= 11 is 0. The van der Waals surface area contributed by atoms with Crippen molar-refractivity contribution in [2.45, 2.75) is 13.8 Å². The first-order chi connectivity index (χ1) is 11.2. The molecular formula is C19H16N4. The number of para-hydroxylation sites is 1. The lowest BCUT2D eigenvalue weighted by molar-refractivity contribution is 1.02. The normalized spacial score (nSPS) is 11.0. The first-order valence-electron chi connectivity index (χ1n) is 7.53. The van der Waals surface area contributed by atoms with Crippen LogP contribution in [0, 0.1) is 13.8 Å². The fraction of sp³-hybridized carbons (Fsp3) is 0.105. The molecule has 0 atom stereocenters. The van der Waals surface area contributed by atoms with Gasteiger partial charge < -0.3 is 0 Å². The van der Waals surface area contributed by atoms with Crippen LogP contribution in [0.25, 0.3) is 28.0 Å². The van der Waals surface area contributed by atoms with E-state index < -0.39 is 0 Å². The van der Waals surface area contributed by atoms with Crippen LogP contribution in [0.4, 0.5) is 0 Å². The Balaban J connectivity index is 1.86. The van der Waals surface area contributed by atoms with Crippen LogP contribution in [0.2, 0.25) is 0 Å². The van der Waals surface area contributed by atoms with E-state index in [-0.39, 0.29) is 0 Å². The zero-order valence-electron chi connectivity index (χ0n) is 13.1. The summed E-state index contributed by atoms with van der Waals surface area (Å²) in [4.78, 5) is 13.3. The monoisotopic (exact) mass is 300 g/mol. The number of hydrogen-bond acceptors (Lipinski definition) is 3. The molecule has 0 bridgehead atoms. The van der Waals surface area contributed by atoms with Crippen molar-refractivity contribution < 1.29 is 0 Å². The number of aryl methyl sites for hydroxylation is 2. The summed E-state index contributed by atoms with van der Waals surface area (Å²) in [5.74, 6) is 0.858. The molecule has 1 aromatic carbocycles. The smallest absolute Gasteiger partial charge is 0.138 e. The number of pyridine rings is 2. The molecule has 0 amide bonds. The fourth-order valence-corrected chi connectivity index (χ4v) is 2.81. The molecule has 0 aliphatic carbocycles. The highest BCUT2D eigenvalue weighted by molar-refractivity contribution is 5.80. The topological polar surface area (TPSA) is 43.6 Å². The van der Waals surface area contributed by atoms with Crippen LogP contribution in [0.1, 0.15) is 11.1 Å². The van der Waals surface area contributed by atoms with E-state index in [0.717, 1.165) is 33.5 Å². The van der Waals surface area contributed by atoms with Crippen LogP contribution in [-0.2, 0) is 0 Å². The molecule has 4 rings (SSSR count). The number of imidazole rings is 1. The van der Waals surface area contributed by atoms with Gasteiger partial charge in [0.25, 0.3) is 0 Å². The average molecular weight is 300 g/mol. The molecule has 0 unspecified atom stereocenters. The number of hydrogen-bond donors (Lipinski definition) is 0. The Hall–Kier alpha value is -3.01. The molecule has 0 N–H and O–H groups in total. The van der Waals surface area contributed by atoms with Crippen LogP contribution >= 0.6 is 0 Å². The van der Waals surface area contributed by atoms with E-state index in [1.54, 1.807) is 0 Å². The van der Waals surface area contributed by atoms with Gasteiger partial charge >= 0.3 is 0 Å². The van der Waals surface area contributed by atoms with E-state index in [1.165, 1.54) is 5.56 Å². The average Bonchev–Trinajstić information content (AvgIpc) is 3.00. The molecule has 4 nitrogen and oxygen atoms in total. The van der Waals surface area contributed by atoms with Crippen molar-refractivity contribution in [2.75, 3.05) is 0 Å². The second-order valence-electron chi connectivity index (χ2n) is 5.71. The minimum Gasteiger partial charge on any atom is -0.283 e. The molecule has 0 saturated heterocycles. The van der Waals surface area contributed by atoms with Crippen molar-refractivity contribution in [3.8, 4) is 16.9 Å². The quantitative estimate of drug-likeness (QED) is 0.560. The lowest BCUT2D eigenvalue weighted by Gasteiger charge is -2.07. The first kappa shape index (κ1) is 13.6. The van der Waals surface area contributed by atoms with Crippen molar-refractivity contribution in [3.05, 3.63) is 72.4 Å². The Bertz CT molecular complexity index is 1000. The molecule has 3 heterocycles. The fourth-order valence-electron chi connectivity index (χ4n) is 2.81. The van der Waals surface area contributed by atoms with Gasteiger partial charge in [0.15, 0.2) is 0 Å². The maximum absolute atomic E-state index is 4.52. The molecule has 4 heteroatoms. The van der Waals surface area contributed by atoms with Crippen LogP contribution in [0.5, 0.6) is 0 Å². The summed E-state index contributed by atoms with van der Waals surface area (Å²) in [6.45, 7) is 4.12. The van der Waals surface area contributed by atoms with Crippen LogP contribution in [0.15, 0.2) is 61.3 Å². The number of rotatable bonds is 2. The van der Waals surface area contributed by atoms with Crippen LogP contribution in [-0.4, -0.2) is 19.5 Å². The van der Waals surface area contributed by atoms with Crippen molar-refractivity contribution in [2.24, 2.45) is 0 Å². The number of benzene rings is 1. The second kappa shape index (κ2) is 5.32. The summed E-state index contributed by atoms with van der Waals surface area (Å²) in [5.41, 5.74) is 6.58. The van der Waals surface area contributed by atoms with Gasteiger partial charge in [-0.05, 0) is 54.8 Å². The molecule has 23 heavy (non-hydrogen) atoms. The molecular weight excluding hydrogens is 284 g/mol. The van der Waals surface area contributed by atoms with Crippen LogP contribution in [0.3, 0.4) is 0 Å². The Labute approximate surface area is 134 Å². The summed E-state index contributed by atoms with van der Waals surface area (Å²) in [7, 11) is 0. The first-order valence-corrected chi connectivity index (χ1v) is 7.53. The van der Waals surface area contributed by atoms with E-state index in [2.05, 4.69) is 46.1 Å². The van der Waals surface area contributed by atoms with Gasteiger partial charge in [0.1, 0.15) is 12.1 Å². The maximum atomic E-state index is 4.52. The van der Waals surface area contributed by atoms with Gasteiger partial charge in [0, 0.05) is 24.2 Å². The van der Waals surface area contributed by atoms with E-state index in [9.17, 15) is 0 Å². The molecule has 0 saturated carbocycles. The standard InChI is InChI=1S/C19H16N4/c1-13-8-16(11-20-10-13)15-6-7-21-18(9-15)23-12-22-19-14(2)4-3-5-17(19)23/h3-12H,1-2H3. The van der Waals surface area contributed by atoms with Crippen LogP contribution < -0.4 is 0 Å². The Kier molecular flexibility index (Phi) is 3.15. The SMILES string of the molecule is Cc1cncc(-c2ccnc(-n3cnc4c(C)cccc43)c2)c1. The zero-order chi connectivity index (χ0) is 15.8. The van der Waals surface area contributed by atoms with E-state index >= 15 is 0 Å². The molecule has 0 radical (unpaired) electrons. The molecule has 0 aliphatic heterocycles. The number of fused-ring (bicyclic) bond motifs is 1. The highest BCUT2D eigenvalue weighted by atomic mass is 15.1. The maximum Gasteiger partial charge on any atom is 0.138 e. The minimum absolute atomic E-state index is 0.858. The highest BCUT2D eigenvalue weighted by Gasteiger charge is 2.08. The third kappa shape index (κ3) is 2.38. The summed E-state index contributed by atoms with van der Waals surface area (Å²) in [5, 5.41) is 0. The number of nitrogens with zero attached hydrogens (tertiary/aromatic N) is 4. The largest absolute Gasteiger partial charge is 0.283 e. The third-order valence-electron chi connectivity index (χ3n) is 3.98. The van der Waals surface area contributed by atoms with Gasteiger partial charge in [0.2, 0.25) is 0 Å². The molecule has 4 aromatic rings.